The molecule has 6 fully saturated rings. The predicted octanol–water partition coefficient (Wildman–Crippen LogP) is 2.28. The van der Waals surface area contributed by atoms with Gasteiger partial charge in [-0.15, -0.1) is 0 Å². The summed E-state index contributed by atoms with van der Waals surface area (Å²) in [6.07, 6.45) is 10.2. The van der Waals surface area contributed by atoms with E-state index >= 15 is 0 Å². The number of amides is 6. The van der Waals surface area contributed by atoms with Gasteiger partial charge >= 0.3 is 12.1 Å². The van der Waals surface area contributed by atoms with E-state index in [1.165, 1.54) is 19.3 Å². The van der Waals surface area contributed by atoms with Gasteiger partial charge in [0, 0.05) is 5.54 Å². The molecule has 1 spiro atoms. The Kier molecular flexibility index (Phi) is 4.59. The van der Waals surface area contributed by atoms with Gasteiger partial charge in [0.15, 0.2) is 0 Å². The molecular formula is C22H32N4O4. The second-order valence-corrected chi connectivity index (χ2v) is 10.6. The summed E-state index contributed by atoms with van der Waals surface area (Å²) in [5.41, 5.74) is -1.08. The summed E-state index contributed by atoms with van der Waals surface area (Å²) in [5, 5.41) is 8.29. The summed E-state index contributed by atoms with van der Waals surface area (Å²) in [7, 11) is 0. The fraction of sp³-hybridized carbons (Fsp3) is 0.818. The van der Waals surface area contributed by atoms with E-state index in [9.17, 15) is 19.2 Å². The van der Waals surface area contributed by atoms with E-state index in [2.05, 4.69) is 16.0 Å². The lowest BCUT2D eigenvalue weighted by molar-refractivity contribution is -0.137. The van der Waals surface area contributed by atoms with Gasteiger partial charge in [-0.25, -0.2) is 9.59 Å². The Morgan fingerprint density at radius 1 is 1.07 bits per heavy atom. The minimum absolute atomic E-state index is 0.0372. The SMILES string of the molecule is CC1CCCCC12NC(=O)N(CC(=O)NC(=O)NC13CC4CC(CC(C4)C1)C3)C2=O. The number of carbonyl (C=O) groups excluding carboxylic acids is 4. The molecule has 2 unspecified atom stereocenters. The van der Waals surface area contributed by atoms with Crippen molar-refractivity contribution in [3.8, 4) is 0 Å². The molecule has 8 heteroatoms. The van der Waals surface area contributed by atoms with E-state index in [0.29, 0.717) is 24.2 Å². The van der Waals surface area contributed by atoms with Crippen LogP contribution in [-0.4, -0.2) is 46.4 Å². The van der Waals surface area contributed by atoms with Gasteiger partial charge < -0.3 is 10.6 Å². The molecule has 3 N–H and O–H groups in total. The fourth-order valence-electron chi connectivity index (χ4n) is 7.48. The number of nitrogens with zero attached hydrogens (tertiary/aromatic N) is 1. The van der Waals surface area contributed by atoms with Crippen LogP contribution in [0.2, 0.25) is 0 Å². The Labute approximate surface area is 176 Å². The highest BCUT2D eigenvalue weighted by atomic mass is 16.2. The van der Waals surface area contributed by atoms with Gasteiger partial charge in [0.05, 0.1) is 0 Å². The number of imide groups is 2. The van der Waals surface area contributed by atoms with Gasteiger partial charge in [0.2, 0.25) is 5.91 Å². The van der Waals surface area contributed by atoms with Crippen molar-refractivity contribution in [1.82, 2.24) is 20.9 Å². The van der Waals surface area contributed by atoms with Gasteiger partial charge in [-0.1, -0.05) is 19.8 Å². The average molecular weight is 417 g/mol. The van der Waals surface area contributed by atoms with Crippen LogP contribution in [0.25, 0.3) is 0 Å². The minimum Gasteiger partial charge on any atom is -0.332 e. The maximum absolute atomic E-state index is 13.0. The van der Waals surface area contributed by atoms with E-state index < -0.39 is 30.1 Å². The van der Waals surface area contributed by atoms with Crippen molar-refractivity contribution in [2.24, 2.45) is 23.7 Å². The lowest BCUT2D eigenvalue weighted by atomic mass is 9.53. The number of carbonyl (C=O) groups is 4. The Bertz CT molecular complexity index is 761. The van der Waals surface area contributed by atoms with Gasteiger partial charge in [-0.05, 0) is 75.0 Å². The first-order valence-electron chi connectivity index (χ1n) is 11.5. The van der Waals surface area contributed by atoms with Crippen molar-refractivity contribution in [2.45, 2.75) is 82.2 Å². The highest BCUT2D eigenvalue weighted by Gasteiger charge is 2.55. The van der Waals surface area contributed by atoms with E-state index in [-0.39, 0.29) is 17.4 Å². The first-order chi connectivity index (χ1) is 14.3. The number of nitrogens with one attached hydrogen (secondary N) is 3. The van der Waals surface area contributed by atoms with Crippen molar-refractivity contribution in [3.05, 3.63) is 0 Å². The molecule has 1 heterocycles. The smallest absolute Gasteiger partial charge is 0.325 e. The van der Waals surface area contributed by atoms with E-state index in [4.69, 9.17) is 0 Å². The third-order valence-electron chi connectivity index (χ3n) is 8.47. The first-order valence-corrected chi connectivity index (χ1v) is 11.5. The van der Waals surface area contributed by atoms with Gasteiger partial charge in [0.25, 0.3) is 5.91 Å². The summed E-state index contributed by atoms with van der Waals surface area (Å²) in [4.78, 5) is 51.5. The number of urea groups is 2. The third-order valence-corrected chi connectivity index (χ3v) is 8.47. The monoisotopic (exact) mass is 416 g/mol. The molecule has 2 atom stereocenters. The molecule has 164 valence electrons. The van der Waals surface area contributed by atoms with Gasteiger partial charge in [-0.3, -0.25) is 19.8 Å². The lowest BCUT2D eigenvalue weighted by Gasteiger charge is -2.56. The van der Waals surface area contributed by atoms with E-state index in [1.54, 1.807) is 0 Å². The lowest BCUT2D eigenvalue weighted by Crippen LogP contribution is -2.62. The standard InChI is InChI=1S/C22H32N4O4/c1-13-4-2-3-5-22(13)18(28)26(20(30)25-22)12-17(27)23-19(29)24-21-9-14-6-15(10-21)8-16(7-14)11-21/h13-16H,2-12H2,1H3,(H,25,30)(H2,23,24,27,29). The maximum Gasteiger partial charge on any atom is 0.325 e. The van der Waals surface area contributed by atoms with Crippen LogP contribution in [0.15, 0.2) is 0 Å². The fourth-order valence-corrected chi connectivity index (χ4v) is 7.48. The van der Waals surface area contributed by atoms with Gasteiger partial charge in [-0.2, -0.15) is 0 Å². The zero-order chi connectivity index (χ0) is 21.1. The molecule has 0 radical (unpaired) electrons. The molecule has 4 bridgehead atoms. The molecule has 0 aromatic heterocycles. The molecular weight excluding hydrogens is 384 g/mol. The largest absolute Gasteiger partial charge is 0.332 e. The minimum atomic E-state index is -0.892. The Balaban J connectivity index is 1.19. The van der Waals surface area contributed by atoms with Gasteiger partial charge in [0.1, 0.15) is 12.1 Å². The van der Waals surface area contributed by atoms with Crippen LogP contribution < -0.4 is 16.0 Å². The molecule has 30 heavy (non-hydrogen) atoms. The van der Waals surface area contributed by atoms with Crippen molar-refractivity contribution >= 4 is 23.9 Å². The topological polar surface area (TPSA) is 108 Å². The Morgan fingerprint density at radius 3 is 2.30 bits per heavy atom. The molecule has 1 saturated heterocycles. The third kappa shape index (κ3) is 3.19. The number of hydrogen-bond acceptors (Lipinski definition) is 4. The zero-order valence-corrected chi connectivity index (χ0v) is 17.7. The molecule has 8 nitrogen and oxygen atoms in total. The quantitative estimate of drug-likeness (QED) is 0.614. The Hall–Kier alpha value is -2.12. The normalized spacial score (nSPS) is 41.8. The van der Waals surface area contributed by atoms with E-state index in [0.717, 1.165) is 43.4 Å². The predicted molar refractivity (Wildman–Crippen MR) is 108 cm³/mol. The molecule has 5 saturated carbocycles. The highest BCUT2D eigenvalue weighted by Crippen LogP contribution is 2.55. The summed E-state index contributed by atoms with van der Waals surface area (Å²) >= 11 is 0. The first kappa shape index (κ1) is 19.8. The highest BCUT2D eigenvalue weighted by molar-refractivity contribution is 6.10. The summed E-state index contributed by atoms with van der Waals surface area (Å²) in [5.74, 6) is 1.14. The van der Waals surface area contributed by atoms with Crippen molar-refractivity contribution in [2.75, 3.05) is 6.54 Å². The maximum atomic E-state index is 13.0. The molecule has 0 aromatic rings. The van der Waals surface area contributed by atoms with Crippen LogP contribution in [0.1, 0.15) is 71.1 Å². The van der Waals surface area contributed by atoms with Crippen molar-refractivity contribution in [1.29, 1.82) is 0 Å². The Morgan fingerprint density at radius 2 is 1.70 bits per heavy atom. The van der Waals surface area contributed by atoms with Crippen molar-refractivity contribution < 1.29 is 19.2 Å². The molecule has 6 aliphatic rings. The van der Waals surface area contributed by atoms with Crippen LogP contribution in [0.5, 0.6) is 0 Å². The average Bonchev–Trinajstić information content (AvgIpc) is 2.87. The second-order valence-electron chi connectivity index (χ2n) is 10.6. The molecule has 5 aliphatic carbocycles. The number of rotatable bonds is 3. The van der Waals surface area contributed by atoms with Crippen LogP contribution in [0, 0.1) is 23.7 Å². The van der Waals surface area contributed by atoms with Crippen molar-refractivity contribution in [3.63, 3.8) is 0 Å². The van der Waals surface area contributed by atoms with Crippen LogP contribution in [0.3, 0.4) is 0 Å². The van der Waals surface area contributed by atoms with Crippen LogP contribution in [-0.2, 0) is 9.59 Å². The second kappa shape index (κ2) is 6.95. The molecule has 6 amide bonds. The number of hydrogen-bond donors (Lipinski definition) is 3. The van der Waals surface area contributed by atoms with E-state index in [1.807, 2.05) is 6.92 Å². The molecule has 6 rings (SSSR count). The summed E-state index contributed by atoms with van der Waals surface area (Å²) in [6.45, 7) is 1.55. The summed E-state index contributed by atoms with van der Waals surface area (Å²) < 4.78 is 0. The molecule has 1 aliphatic heterocycles. The molecule has 0 aromatic carbocycles. The van der Waals surface area contributed by atoms with Crippen LogP contribution >= 0.6 is 0 Å². The summed E-state index contributed by atoms with van der Waals surface area (Å²) in [6, 6.07) is -1.04. The zero-order valence-electron chi connectivity index (χ0n) is 17.7. The van der Waals surface area contributed by atoms with Crippen LogP contribution in [0.4, 0.5) is 9.59 Å².